The zero-order valence-corrected chi connectivity index (χ0v) is 41.0. The molecule has 3 fully saturated rings. The Kier molecular flexibility index (Phi) is 18.4. The normalized spacial score (nSPS) is 36.5. The first-order valence-corrected chi connectivity index (χ1v) is 24.4. The zero-order chi connectivity index (χ0) is 49.4. The third-order valence-electron chi connectivity index (χ3n) is 14.9. The van der Waals surface area contributed by atoms with Gasteiger partial charge >= 0.3 is 5.97 Å². The summed E-state index contributed by atoms with van der Waals surface area (Å²) in [7, 11) is 4.59. The smallest absolute Gasteiger partial charge is 0.329 e. The van der Waals surface area contributed by atoms with Crippen molar-refractivity contribution in [3.05, 3.63) is 71.2 Å². The number of nitrogens with zero attached hydrogens (tertiary/aromatic N) is 2. The van der Waals surface area contributed by atoms with E-state index in [9.17, 15) is 38.9 Å². The minimum atomic E-state index is -2.55. The molecule has 15 heteroatoms. The lowest BCUT2D eigenvalue weighted by atomic mass is 9.81. The molecule has 1 aromatic carbocycles. The summed E-state index contributed by atoms with van der Waals surface area (Å²) in [6.45, 7) is 9.18. The molecule has 3 N–H and O–H groups in total. The van der Waals surface area contributed by atoms with E-state index in [1.54, 1.807) is 40.1 Å². The molecule has 0 spiro atoms. The van der Waals surface area contributed by atoms with Gasteiger partial charge in [-0.1, -0.05) is 50.6 Å². The highest BCUT2D eigenvalue weighted by Crippen LogP contribution is 2.39. The Hall–Kier alpha value is -4.22. The SMILES string of the molecule is CO[C@H]1C[C@@H](C)C/C(C)=C/[C@@H](C/C=C/c2ccnc3cc(F)ccc23)C(=O)C[C@H](O)[C@@H](C)[C@@H](/C(C)=C/[C@@H]2CC[C@@H](O)[C@H](OC)C2)OC(=O)[C@@H]2CCCCN2C(=O)C(=O)[C@]2(O)O[C@H]1[C@@H](OC)C[C@H]2C. The quantitative estimate of drug-likeness (QED) is 0.142. The number of carbonyl (C=O) groups excluding carboxylic acids is 4. The second kappa shape index (κ2) is 23.6. The number of fused-ring (bicyclic) bond motifs is 4. The van der Waals surface area contributed by atoms with Gasteiger partial charge < -0.3 is 43.9 Å². The highest BCUT2D eigenvalue weighted by molar-refractivity contribution is 6.39. The molecule has 4 aliphatic rings. The lowest BCUT2D eigenvalue weighted by Crippen LogP contribution is -2.64. The number of rotatable bonds is 8. The summed E-state index contributed by atoms with van der Waals surface area (Å²) in [6, 6.07) is 5.06. The van der Waals surface area contributed by atoms with Crippen molar-refractivity contribution in [1.29, 1.82) is 0 Å². The van der Waals surface area contributed by atoms with Gasteiger partial charge in [-0.3, -0.25) is 19.4 Å². The molecule has 1 amide bonds. The molecule has 4 heterocycles. The van der Waals surface area contributed by atoms with Gasteiger partial charge in [-0.25, -0.2) is 9.18 Å². The van der Waals surface area contributed by atoms with Crippen LogP contribution >= 0.6 is 0 Å². The number of halogens is 1. The number of ether oxygens (including phenoxy) is 5. The maximum atomic E-state index is 14.6. The van der Waals surface area contributed by atoms with Gasteiger partial charge in [0.1, 0.15) is 29.9 Å². The molecular weight excluding hydrogens is 876 g/mol. The van der Waals surface area contributed by atoms with Crippen molar-refractivity contribution < 1.29 is 62.6 Å². The second-order valence-electron chi connectivity index (χ2n) is 19.9. The fourth-order valence-electron chi connectivity index (χ4n) is 10.9. The Bertz CT molecular complexity index is 2200. The van der Waals surface area contributed by atoms with Crippen LogP contribution in [0.1, 0.15) is 111 Å². The first kappa shape index (κ1) is 53.1. The van der Waals surface area contributed by atoms with Crippen LogP contribution in [0.2, 0.25) is 0 Å². The standard InChI is InChI=1S/C53H73FN2O12/c1-30-22-31(2)24-46(65-7)49-47(66-8)26-33(4)53(63,68-49)50(60)51(61)56-21-10-9-14-41(56)52(62)67-48(32(3)25-35-15-18-42(57)45(27-35)64-6)34(5)43(58)29-44(59)37(23-30)13-11-12-36-19-20-55-40-28-38(54)16-17-39(36)40/h11-12,16-17,19-20,23,25,28,31,33-35,37,41-43,45-49,57-58,63H,9-10,13-15,18,21-22,24,26-27,29H2,1-8H3/b12-11+,30-23+,32-25+/t31-,33+,34+,35-,37+,41-,42+,43-,45+,46-,47-,48+,49+,53+/m0/s1. The monoisotopic (exact) mass is 949 g/mol. The number of amides is 1. The summed E-state index contributed by atoms with van der Waals surface area (Å²) in [6.07, 6.45) is 7.80. The molecule has 6 rings (SSSR count). The Morgan fingerprint density at radius 2 is 1.65 bits per heavy atom. The molecule has 3 aliphatic heterocycles. The molecule has 2 aromatic rings. The zero-order valence-electron chi connectivity index (χ0n) is 41.0. The van der Waals surface area contributed by atoms with E-state index in [-0.39, 0.29) is 49.8 Å². The number of aliphatic hydroxyl groups excluding tert-OH is 2. The Morgan fingerprint density at radius 1 is 0.926 bits per heavy atom. The predicted molar refractivity (Wildman–Crippen MR) is 253 cm³/mol. The maximum absolute atomic E-state index is 14.6. The number of pyridine rings is 1. The predicted octanol–water partition coefficient (Wildman–Crippen LogP) is 6.85. The van der Waals surface area contributed by atoms with E-state index in [2.05, 4.69) is 4.98 Å². The lowest BCUT2D eigenvalue weighted by molar-refractivity contribution is -0.302. The van der Waals surface area contributed by atoms with Crippen molar-refractivity contribution in [2.45, 2.75) is 160 Å². The van der Waals surface area contributed by atoms with Crippen molar-refractivity contribution in [3.8, 4) is 0 Å². The Balaban J connectivity index is 1.39. The molecule has 0 radical (unpaired) electrons. The third-order valence-corrected chi connectivity index (χ3v) is 14.9. The van der Waals surface area contributed by atoms with Gasteiger partial charge in [0.2, 0.25) is 5.79 Å². The molecule has 14 atom stereocenters. The maximum Gasteiger partial charge on any atom is 0.329 e. The topological polar surface area (TPSA) is 191 Å². The van der Waals surface area contributed by atoms with Gasteiger partial charge in [-0.05, 0) is 119 Å². The third kappa shape index (κ3) is 12.4. The summed E-state index contributed by atoms with van der Waals surface area (Å²) in [5, 5.41) is 35.5. The molecule has 68 heavy (non-hydrogen) atoms. The summed E-state index contributed by atoms with van der Waals surface area (Å²) in [5.74, 6) is -8.66. The molecule has 2 bridgehead atoms. The van der Waals surface area contributed by atoms with Crippen LogP contribution in [0.5, 0.6) is 0 Å². The average molecular weight is 949 g/mol. The van der Waals surface area contributed by atoms with Crippen molar-refractivity contribution in [2.24, 2.45) is 29.6 Å². The summed E-state index contributed by atoms with van der Waals surface area (Å²) in [5.41, 5.74) is 2.83. The highest BCUT2D eigenvalue weighted by atomic mass is 19.1. The van der Waals surface area contributed by atoms with Crippen LogP contribution in [-0.4, -0.2) is 131 Å². The molecule has 0 unspecified atom stereocenters. The number of methoxy groups -OCH3 is 3. The molecule has 1 aliphatic carbocycles. The number of carbonyl (C=O) groups is 4. The van der Waals surface area contributed by atoms with Gasteiger partial charge in [0.15, 0.2) is 0 Å². The number of piperidine rings is 1. The minimum absolute atomic E-state index is 0.0516. The molecular formula is C53H73FN2O12. The molecule has 14 nitrogen and oxygen atoms in total. The summed E-state index contributed by atoms with van der Waals surface area (Å²) >= 11 is 0. The van der Waals surface area contributed by atoms with Crippen LogP contribution in [0, 0.1) is 35.4 Å². The van der Waals surface area contributed by atoms with Gasteiger partial charge in [-0.2, -0.15) is 0 Å². The van der Waals surface area contributed by atoms with Crippen molar-refractivity contribution in [2.75, 3.05) is 27.9 Å². The first-order chi connectivity index (χ1) is 32.4. The van der Waals surface area contributed by atoms with E-state index in [1.165, 1.54) is 31.3 Å². The van der Waals surface area contributed by atoms with Crippen LogP contribution in [-0.2, 0) is 42.9 Å². The summed E-state index contributed by atoms with van der Waals surface area (Å²) in [4.78, 5) is 63.3. The summed E-state index contributed by atoms with van der Waals surface area (Å²) < 4.78 is 44.1. The number of cyclic esters (lactones) is 1. The number of hydrogen-bond acceptors (Lipinski definition) is 13. The number of Topliss-reactive ketones (excluding diaryl/α,β-unsaturated/α-hetero) is 2. The Morgan fingerprint density at radius 3 is 2.37 bits per heavy atom. The van der Waals surface area contributed by atoms with Gasteiger partial charge in [0, 0.05) is 69.7 Å². The molecule has 1 aromatic heterocycles. The van der Waals surface area contributed by atoms with E-state index in [1.807, 2.05) is 44.2 Å². The van der Waals surface area contributed by atoms with E-state index in [0.29, 0.717) is 56.0 Å². The van der Waals surface area contributed by atoms with Gasteiger partial charge in [0.05, 0.1) is 36.0 Å². The van der Waals surface area contributed by atoms with E-state index < -0.39 is 95.8 Å². The number of aliphatic hydroxyl groups is 3. The molecule has 374 valence electrons. The van der Waals surface area contributed by atoms with E-state index >= 15 is 0 Å². The fourth-order valence-corrected chi connectivity index (χ4v) is 10.9. The van der Waals surface area contributed by atoms with Gasteiger partial charge in [0.25, 0.3) is 11.7 Å². The number of hydrogen-bond donors (Lipinski definition) is 3. The number of aromatic nitrogens is 1. The van der Waals surface area contributed by atoms with E-state index in [4.69, 9.17) is 23.7 Å². The molecule has 1 saturated carbocycles. The minimum Gasteiger partial charge on any atom is -0.456 e. The highest BCUT2D eigenvalue weighted by Gasteiger charge is 2.56. The van der Waals surface area contributed by atoms with Crippen LogP contribution < -0.4 is 0 Å². The number of esters is 1. The number of ketones is 2. The number of allylic oxidation sites excluding steroid dienone is 4. The van der Waals surface area contributed by atoms with Crippen LogP contribution in [0.25, 0.3) is 17.0 Å². The van der Waals surface area contributed by atoms with Crippen molar-refractivity contribution in [1.82, 2.24) is 9.88 Å². The van der Waals surface area contributed by atoms with Crippen LogP contribution in [0.4, 0.5) is 4.39 Å². The van der Waals surface area contributed by atoms with Crippen LogP contribution in [0.15, 0.2) is 59.8 Å². The van der Waals surface area contributed by atoms with Crippen LogP contribution in [0.3, 0.4) is 0 Å². The van der Waals surface area contributed by atoms with Crippen molar-refractivity contribution in [3.63, 3.8) is 0 Å². The first-order valence-electron chi connectivity index (χ1n) is 24.4. The fraction of sp³-hybridized carbons (Fsp3) is 0.642. The lowest BCUT2D eigenvalue weighted by Gasteiger charge is -2.47. The van der Waals surface area contributed by atoms with Gasteiger partial charge in [-0.15, -0.1) is 0 Å². The molecule has 2 saturated heterocycles. The van der Waals surface area contributed by atoms with Crippen molar-refractivity contribution >= 4 is 40.4 Å². The van der Waals surface area contributed by atoms with E-state index in [0.717, 1.165) is 16.5 Å². The average Bonchev–Trinajstić information content (AvgIpc) is 3.32. The number of benzene rings is 1. The Labute approximate surface area is 400 Å². The second-order valence-corrected chi connectivity index (χ2v) is 19.9. The largest absolute Gasteiger partial charge is 0.456 e.